The fraction of sp³-hybridized carbons (Fsp3) is 1.00. The average molecular weight is 90.1 g/mol. The third-order valence-corrected chi connectivity index (χ3v) is 0.390. The Kier molecular flexibility index (Phi) is 4.78. The van der Waals surface area contributed by atoms with Gasteiger partial charge in [0.05, 0.1) is 13.2 Å². The van der Waals surface area contributed by atoms with Gasteiger partial charge in [-0.15, -0.1) is 5.90 Å². The molecule has 0 aromatic heterocycles. The first-order chi connectivity index (χ1) is 2.91. The second kappa shape index (κ2) is 4.88. The lowest BCUT2D eigenvalue weighted by Crippen LogP contribution is -1.98. The van der Waals surface area contributed by atoms with Gasteiger partial charge in [-0.05, 0) is 0 Å². The Balaban J connectivity index is 2.34. The molecule has 0 rings (SSSR count). The molecule has 0 aliphatic heterocycles. The van der Waals surface area contributed by atoms with E-state index in [0.717, 1.165) is 0 Å². The van der Waals surface area contributed by atoms with Crippen LogP contribution in [0.5, 0.6) is 0 Å². The van der Waals surface area contributed by atoms with Gasteiger partial charge in [0.1, 0.15) is 0 Å². The molecule has 0 bridgehead atoms. The molecular formula is C3H8NO2. The summed E-state index contributed by atoms with van der Waals surface area (Å²) in [5, 5.41) is 0. The smallest absolute Gasteiger partial charge is 0.0933 e. The molecule has 3 nitrogen and oxygen atoms in total. The molecule has 1 radical (unpaired) electrons. The van der Waals surface area contributed by atoms with E-state index < -0.39 is 0 Å². The Morgan fingerprint density at radius 2 is 2.17 bits per heavy atom. The highest BCUT2D eigenvalue weighted by Gasteiger charge is 1.75. The van der Waals surface area contributed by atoms with Crippen LogP contribution in [0.3, 0.4) is 0 Å². The second-order valence-electron chi connectivity index (χ2n) is 0.841. The summed E-state index contributed by atoms with van der Waals surface area (Å²) >= 11 is 0. The molecule has 0 aromatic rings. The summed E-state index contributed by atoms with van der Waals surface area (Å²) < 4.78 is 4.54. The highest BCUT2D eigenvalue weighted by Crippen LogP contribution is 1.64. The van der Waals surface area contributed by atoms with Crippen LogP contribution in [-0.4, -0.2) is 20.3 Å². The van der Waals surface area contributed by atoms with E-state index in [0.29, 0.717) is 13.2 Å². The van der Waals surface area contributed by atoms with Crippen molar-refractivity contribution in [3.8, 4) is 0 Å². The zero-order chi connectivity index (χ0) is 4.83. The summed E-state index contributed by atoms with van der Waals surface area (Å²) in [6.07, 6.45) is 0. The number of ether oxygens (including phenoxy) is 1. The maximum atomic E-state index is 6.13. The van der Waals surface area contributed by atoms with Gasteiger partial charge in [0.15, 0.2) is 0 Å². The van der Waals surface area contributed by atoms with E-state index in [9.17, 15) is 0 Å². The van der Waals surface area contributed by atoms with Crippen molar-refractivity contribution >= 4 is 0 Å². The molecule has 3 heteroatoms. The van der Waals surface area contributed by atoms with Crippen LogP contribution in [-0.2, 0) is 9.57 Å². The van der Waals surface area contributed by atoms with Crippen LogP contribution in [0.25, 0.3) is 0 Å². The SMILES string of the molecule is COCCO[NH]. The van der Waals surface area contributed by atoms with Gasteiger partial charge >= 0.3 is 0 Å². The molecule has 0 spiro atoms. The van der Waals surface area contributed by atoms with Gasteiger partial charge in [-0.25, -0.2) is 0 Å². The molecule has 0 saturated heterocycles. The lowest BCUT2D eigenvalue weighted by atomic mass is 10.8. The van der Waals surface area contributed by atoms with E-state index in [1.54, 1.807) is 7.11 Å². The zero-order valence-electron chi connectivity index (χ0n) is 3.73. The number of nitrogens with one attached hydrogen (secondary N) is 1. The van der Waals surface area contributed by atoms with E-state index >= 15 is 0 Å². The Labute approximate surface area is 37.0 Å². The monoisotopic (exact) mass is 90.1 g/mol. The highest BCUT2D eigenvalue weighted by molar-refractivity contribution is 4.16. The first kappa shape index (κ1) is 5.88. The Morgan fingerprint density at radius 1 is 1.50 bits per heavy atom. The molecular weight excluding hydrogens is 82.0 g/mol. The Bertz CT molecular complexity index is 20.8. The van der Waals surface area contributed by atoms with Crippen molar-refractivity contribution in [1.82, 2.24) is 5.90 Å². The molecule has 0 amide bonds. The van der Waals surface area contributed by atoms with Gasteiger partial charge in [-0.1, -0.05) is 0 Å². The van der Waals surface area contributed by atoms with Gasteiger partial charge in [0.25, 0.3) is 0 Å². The summed E-state index contributed by atoms with van der Waals surface area (Å²) in [6.45, 7) is 0.861. The summed E-state index contributed by atoms with van der Waals surface area (Å²) in [6, 6.07) is 0. The number of hydrogen-bond donors (Lipinski definition) is 0. The van der Waals surface area contributed by atoms with Crippen LogP contribution in [0.4, 0.5) is 0 Å². The summed E-state index contributed by atoms with van der Waals surface area (Å²) in [4.78, 5) is 3.91. The van der Waals surface area contributed by atoms with Crippen molar-refractivity contribution < 1.29 is 9.57 Å². The summed E-state index contributed by atoms with van der Waals surface area (Å²) in [5.41, 5.74) is 0. The van der Waals surface area contributed by atoms with E-state index in [1.165, 1.54) is 0 Å². The number of hydrogen-bond acceptors (Lipinski definition) is 2. The van der Waals surface area contributed by atoms with Crippen molar-refractivity contribution in [2.24, 2.45) is 0 Å². The van der Waals surface area contributed by atoms with Crippen LogP contribution >= 0.6 is 0 Å². The predicted octanol–water partition coefficient (Wildman–Crippen LogP) is -0.153. The standard InChI is InChI=1S/C3H8NO2/c1-5-2-3-6-4/h4H,2-3H2,1H3. The predicted molar refractivity (Wildman–Crippen MR) is 20.9 cm³/mol. The summed E-state index contributed by atoms with van der Waals surface area (Å²) in [7, 11) is 1.57. The fourth-order valence-corrected chi connectivity index (χ4v) is 0.125. The van der Waals surface area contributed by atoms with Crippen molar-refractivity contribution in [3.05, 3.63) is 0 Å². The highest BCUT2D eigenvalue weighted by atomic mass is 16.6. The van der Waals surface area contributed by atoms with Crippen LogP contribution < -0.4 is 5.90 Å². The molecule has 0 aliphatic carbocycles. The third kappa shape index (κ3) is 3.88. The second-order valence-corrected chi connectivity index (χ2v) is 0.841. The Morgan fingerprint density at radius 3 is 2.33 bits per heavy atom. The molecule has 6 heavy (non-hydrogen) atoms. The Hall–Kier alpha value is -0.120. The average Bonchev–Trinajstić information content (AvgIpc) is 1.61. The fourth-order valence-electron chi connectivity index (χ4n) is 0.125. The van der Waals surface area contributed by atoms with Crippen LogP contribution in [0.2, 0.25) is 0 Å². The molecule has 0 aliphatic rings. The van der Waals surface area contributed by atoms with E-state index in [-0.39, 0.29) is 0 Å². The van der Waals surface area contributed by atoms with E-state index in [2.05, 4.69) is 9.57 Å². The molecule has 0 heterocycles. The van der Waals surface area contributed by atoms with Crippen LogP contribution in [0.15, 0.2) is 0 Å². The third-order valence-electron chi connectivity index (χ3n) is 0.390. The van der Waals surface area contributed by atoms with Crippen LogP contribution in [0.1, 0.15) is 0 Å². The molecule has 0 fully saturated rings. The topological polar surface area (TPSA) is 42.3 Å². The van der Waals surface area contributed by atoms with Gasteiger partial charge < -0.3 is 4.74 Å². The van der Waals surface area contributed by atoms with Crippen molar-refractivity contribution in [1.29, 1.82) is 0 Å². The zero-order valence-corrected chi connectivity index (χ0v) is 3.73. The maximum absolute atomic E-state index is 6.13. The summed E-state index contributed by atoms with van der Waals surface area (Å²) in [5.74, 6) is 6.13. The minimum absolute atomic E-state index is 0.358. The van der Waals surface area contributed by atoms with Gasteiger partial charge in [-0.3, -0.25) is 4.84 Å². The van der Waals surface area contributed by atoms with Crippen LogP contribution in [0, 0.1) is 0 Å². The molecule has 0 saturated carbocycles. The lowest BCUT2D eigenvalue weighted by molar-refractivity contribution is 0.0594. The minimum atomic E-state index is 0.358. The number of rotatable bonds is 3. The van der Waals surface area contributed by atoms with Crippen molar-refractivity contribution in [2.75, 3.05) is 20.3 Å². The minimum Gasteiger partial charge on any atom is -0.382 e. The normalized spacial score (nSPS) is 9.00. The lowest BCUT2D eigenvalue weighted by Gasteiger charge is -1.89. The molecule has 37 valence electrons. The van der Waals surface area contributed by atoms with Crippen molar-refractivity contribution in [2.45, 2.75) is 0 Å². The maximum Gasteiger partial charge on any atom is 0.0933 e. The van der Waals surface area contributed by atoms with Gasteiger partial charge in [0.2, 0.25) is 0 Å². The molecule has 1 N–H and O–H groups in total. The first-order valence-electron chi connectivity index (χ1n) is 1.69. The molecule has 0 atom stereocenters. The van der Waals surface area contributed by atoms with Gasteiger partial charge in [-0.2, -0.15) is 0 Å². The molecule has 0 aromatic carbocycles. The number of methoxy groups -OCH3 is 1. The van der Waals surface area contributed by atoms with E-state index in [1.807, 2.05) is 0 Å². The quantitative estimate of drug-likeness (QED) is 0.357. The van der Waals surface area contributed by atoms with Gasteiger partial charge in [0, 0.05) is 7.11 Å². The first-order valence-corrected chi connectivity index (χ1v) is 1.69. The largest absolute Gasteiger partial charge is 0.382 e. The van der Waals surface area contributed by atoms with E-state index in [4.69, 9.17) is 5.90 Å². The van der Waals surface area contributed by atoms with Crippen molar-refractivity contribution in [3.63, 3.8) is 0 Å². The molecule has 0 unspecified atom stereocenters.